The molecule has 0 aliphatic heterocycles. The van der Waals surface area contributed by atoms with E-state index < -0.39 is 0 Å². The number of rotatable bonds is 10. The van der Waals surface area contributed by atoms with Crippen LogP contribution in [0.25, 0.3) is 0 Å². The highest BCUT2D eigenvalue weighted by molar-refractivity contribution is 5.88. The maximum Gasteiger partial charge on any atom is 0.232 e. The Labute approximate surface area is 268 Å². The summed E-state index contributed by atoms with van der Waals surface area (Å²) in [6.45, 7) is 0. The number of carbonyl (C=O) groups excluding carboxylic acids is 2. The summed E-state index contributed by atoms with van der Waals surface area (Å²) in [4.78, 5) is 27.2. The second-order valence-corrected chi connectivity index (χ2v) is 13.2. The topological polar surface area (TPSA) is 58.2 Å². The Kier molecular flexibility index (Phi) is 10.4. The van der Waals surface area contributed by atoms with E-state index >= 15 is 0 Å². The summed E-state index contributed by atoms with van der Waals surface area (Å²) in [5.41, 5.74) is 4.16. The highest BCUT2D eigenvalue weighted by Crippen LogP contribution is 2.36. The van der Waals surface area contributed by atoms with E-state index in [-0.39, 0.29) is 35.7 Å². The van der Waals surface area contributed by atoms with Crippen LogP contribution in [0.15, 0.2) is 121 Å². The van der Waals surface area contributed by atoms with Gasteiger partial charge in [-0.3, -0.25) is 9.59 Å². The van der Waals surface area contributed by atoms with Crippen LogP contribution in [0.5, 0.6) is 0 Å². The van der Waals surface area contributed by atoms with E-state index in [2.05, 4.69) is 59.2 Å². The fraction of sp³-hybridized carbons (Fsp3) is 0.366. The number of nitrogens with one attached hydrogen (secondary N) is 2. The molecule has 45 heavy (non-hydrogen) atoms. The van der Waals surface area contributed by atoms with Crippen molar-refractivity contribution in [2.75, 3.05) is 0 Å². The molecule has 4 aromatic rings. The molecule has 0 saturated heterocycles. The standard InChI is InChI=1S/C41H46N2O2/c44-40(38(32-13-5-1-6-14-32)33-15-7-2-8-16-33)42-36-25-21-30(22-26-36)29-31-23-27-37(28-24-31)43-41(45)39(34-17-9-3-10-18-34)35-19-11-4-12-20-35/h1-20,30-31,36-39H,21-29H2,(H,42,44)(H,43,45). The summed E-state index contributed by atoms with van der Waals surface area (Å²) in [6.07, 6.45) is 10.2. The number of benzene rings is 4. The molecule has 0 spiro atoms. The van der Waals surface area contributed by atoms with Gasteiger partial charge in [0.25, 0.3) is 0 Å². The van der Waals surface area contributed by atoms with Gasteiger partial charge in [0.1, 0.15) is 0 Å². The Balaban J connectivity index is 0.965. The molecule has 2 N–H and O–H groups in total. The molecular weight excluding hydrogens is 552 g/mol. The van der Waals surface area contributed by atoms with E-state index in [1.807, 2.05) is 72.8 Å². The lowest BCUT2D eigenvalue weighted by Gasteiger charge is -2.35. The first-order valence-corrected chi connectivity index (χ1v) is 16.9. The van der Waals surface area contributed by atoms with Gasteiger partial charge in [0.2, 0.25) is 11.8 Å². The van der Waals surface area contributed by atoms with Gasteiger partial charge in [0.05, 0.1) is 11.8 Å². The van der Waals surface area contributed by atoms with Crippen LogP contribution in [-0.4, -0.2) is 23.9 Å². The van der Waals surface area contributed by atoms with Crippen molar-refractivity contribution in [3.63, 3.8) is 0 Å². The molecule has 2 saturated carbocycles. The smallest absolute Gasteiger partial charge is 0.232 e. The summed E-state index contributed by atoms with van der Waals surface area (Å²) in [7, 11) is 0. The van der Waals surface area contributed by atoms with E-state index in [1.54, 1.807) is 0 Å². The van der Waals surface area contributed by atoms with Crippen molar-refractivity contribution in [1.29, 1.82) is 0 Å². The summed E-state index contributed by atoms with van der Waals surface area (Å²) in [5.74, 6) is 1.12. The zero-order chi connectivity index (χ0) is 30.8. The molecule has 4 aromatic carbocycles. The molecule has 2 aliphatic rings. The third kappa shape index (κ3) is 8.11. The second kappa shape index (κ2) is 15.2. The molecule has 2 amide bonds. The molecule has 0 bridgehead atoms. The SMILES string of the molecule is O=C(NC1CCC(CC2CCC(NC(=O)C(c3ccccc3)c3ccccc3)CC2)CC1)C(c1ccccc1)c1ccccc1. The number of amides is 2. The van der Waals surface area contributed by atoms with E-state index in [9.17, 15) is 9.59 Å². The van der Waals surface area contributed by atoms with Gasteiger partial charge in [-0.2, -0.15) is 0 Å². The van der Waals surface area contributed by atoms with Crippen LogP contribution in [0.3, 0.4) is 0 Å². The zero-order valence-corrected chi connectivity index (χ0v) is 26.2. The number of hydrogen-bond donors (Lipinski definition) is 2. The lowest BCUT2D eigenvalue weighted by Crippen LogP contribution is -2.41. The first-order valence-electron chi connectivity index (χ1n) is 16.9. The van der Waals surface area contributed by atoms with Crippen LogP contribution in [0.4, 0.5) is 0 Å². The molecule has 2 fully saturated rings. The largest absolute Gasteiger partial charge is 0.353 e. The van der Waals surface area contributed by atoms with Gasteiger partial charge < -0.3 is 10.6 Å². The van der Waals surface area contributed by atoms with Gasteiger partial charge in [-0.1, -0.05) is 121 Å². The fourth-order valence-corrected chi connectivity index (χ4v) is 7.70. The zero-order valence-electron chi connectivity index (χ0n) is 26.2. The van der Waals surface area contributed by atoms with E-state index in [1.165, 1.54) is 32.1 Å². The molecule has 0 aromatic heterocycles. The maximum atomic E-state index is 13.6. The second-order valence-electron chi connectivity index (χ2n) is 13.2. The van der Waals surface area contributed by atoms with Gasteiger partial charge in [0.15, 0.2) is 0 Å². The van der Waals surface area contributed by atoms with Crippen LogP contribution in [0.2, 0.25) is 0 Å². The van der Waals surface area contributed by atoms with Gasteiger partial charge in [0, 0.05) is 12.1 Å². The van der Waals surface area contributed by atoms with Crippen LogP contribution in [0, 0.1) is 11.8 Å². The molecule has 0 heterocycles. The number of carbonyl (C=O) groups is 2. The highest BCUT2D eigenvalue weighted by Gasteiger charge is 2.31. The minimum absolute atomic E-state index is 0.109. The lowest BCUT2D eigenvalue weighted by atomic mass is 9.75. The fourth-order valence-electron chi connectivity index (χ4n) is 7.70. The molecule has 6 rings (SSSR count). The summed E-state index contributed by atoms with van der Waals surface area (Å²) in [5, 5.41) is 6.84. The maximum absolute atomic E-state index is 13.6. The van der Waals surface area contributed by atoms with Gasteiger partial charge in [-0.15, -0.1) is 0 Å². The van der Waals surface area contributed by atoms with E-state index in [4.69, 9.17) is 0 Å². The Morgan fingerprint density at radius 1 is 0.444 bits per heavy atom. The van der Waals surface area contributed by atoms with Crippen LogP contribution in [-0.2, 0) is 9.59 Å². The van der Waals surface area contributed by atoms with E-state index in [0.29, 0.717) is 0 Å². The first-order chi connectivity index (χ1) is 22.1. The average Bonchev–Trinajstić information content (AvgIpc) is 3.09. The van der Waals surface area contributed by atoms with Crippen molar-refractivity contribution < 1.29 is 9.59 Å². The van der Waals surface area contributed by atoms with Gasteiger partial charge in [-0.25, -0.2) is 0 Å². The molecular formula is C41H46N2O2. The van der Waals surface area contributed by atoms with Crippen LogP contribution < -0.4 is 10.6 Å². The summed E-state index contributed by atoms with van der Waals surface area (Å²) in [6, 6.07) is 41.0. The van der Waals surface area contributed by atoms with Gasteiger partial charge in [-0.05, 0) is 91.9 Å². The summed E-state index contributed by atoms with van der Waals surface area (Å²) >= 11 is 0. The van der Waals surface area contributed by atoms with Gasteiger partial charge >= 0.3 is 0 Å². The molecule has 4 heteroatoms. The normalized spacial score (nSPS) is 21.7. The van der Waals surface area contributed by atoms with Crippen LogP contribution >= 0.6 is 0 Å². The van der Waals surface area contributed by atoms with Crippen molar-refractivity contribution in [2.45, 2.75) is 81.7 Å². The van der Waals surface area contributed by atoms with Crippen molar-refractivity contribution in [1.82, 2.24) is 10.6 Å². The van der Waals surface area contributed by atoms with Crippen molar-refractivity contribution in [3.8, 4) is 0 Å². The third-order valence-corrected chi connectivity index (χ3v) is 10.1. The highest BCUT2D eigenvalue weighted by atomic mass is 16.2. The Bertz CT molecular complexity index is 1280. The third-order valence-electron chi connectivity index (χ3n) is 10.1. The first kappa shape index (κ1) is 30.8. The molecule has 0 radical (unpaired) electrons. The summed E-state index contributed by atoms with van der Waals surface area (Å²) < 4.78 is 0. The molecule has 2 aliphatic carbocycles. The molecule has 0 atom stereocenters. The van der Waals surface area contributed by atoms with E-state index in [0.717, 1.165) is 59.8 Å². The van der Waals surface area contributed by atoms with Crippen LogP contribution in [0.1, 0.15) is 91.9 Å². The number of hydrogen-bond acceptors (Lipinski definition) is 2. The molecule has 4 nitrogen and oxygen atoms in total. The monoisotopic (exact) mass is 598 g/mol. The minimum atomic E-state index is -0.281. The van der Waals surface area contributed by atoms with Crippen molar-refractivity contribution in [3.05, 3.63) is 144 Å². The predicted molar refractivity (Wildman–Crippen MR) is 182 cm³/mol. The Morgan fingerprint density at radius 2 is 0.711 bits per heavy atom. The lowest BCUT2D eigenvalue weighted by molar-refractivity contribution is -0.123. The van der Waals surface area contributed by atoms with Crippen molar-refractivity contribution >= 4 is 11.8 Å². The quantitative estimate of drug-likeness (QED) is 0.193. The Morgan fingerprint density at radius 3 is 0.978 bits per heavy atom. The predicted octanol–water partition coefficient (Wildman–Crippen LogP) is 8.39. The average molecular weight is 599 g/mol. The molecule has 0 unspecified atom stereocenters. The molecule has 232 valence electrons. The minimum Gasteiger partial charge on any atom is -0.353 e. The Hall–Kier alpha value is -4.18. The van der Waals surface area contributed by atoms with Crippen molar-refractivity contribution in [2.24, 2.45) is 11.8 Å².